The van der Waals surface area contributed by atoms with Gasteiger partial charge in [0, 0.05) is 25.6 Å². The summed E-state index contributed by atoms with van der Waals surface area (Å²) in [5.41, 5.74) is 6.58. The van der Waals surface area contributed by atoms with E-state index >= 15 is 0 Å². The molecule has 86 valence electrons. The lowest BCUT2D eigenvalue weighted by Crippen LogP contribution is -2.31. The Morgan fingerprint density at radius 1 is 1.50 bits per heavy atom. The van der Waals surface area contributed by atoms with Crippen molar-refractivity contribution in [2.24, 2.45) is 0 Å². The van der Waals surface area contributed by atoms with Gasteiger partial charge in [0.1, 0.15) is 5.82 Å². The Morgan fingerprint density at radius 3 is 2.81 bits per heavy atom. The zero-order chi connectivity index (χ0) is 12.0. The van der Waals surface area contributed by atoms with Crippen molar-refractivity contribution in [3.8, 4) is 6.07 Å². The Labute approximate surface area is 96.7 Å². The van der Waals surface area contributed by atoms with Crippen molar-refractivity contribution in [1.82, 2.24) is 9.88 Å². The minimum absolute atomic E-state index is 0.400. The summed E-state index contributed by atoms with van der Waals surface area (Å²) >= 11 is 0. The van der Waals surface area contributed by atoms with Gasteiger partial charge in [-0.25, -0.2) is 4.98 Å². The minimum Gasteiger partial charge on any atom is -0.384 e. The third-order valence-corrected chi connectivity index (χ3v) is 2.43. The largest absolute Gasteiger partial charge is 0.384 e. The summed E-state index contributed by atoms with van der Waals surface area (Å²) in [6, 6.07) is 8.20. The predicted molar refractivity (Wildman–Crippen MR) is 64.4 cm³/mol. The van der Waals surface area contributed by atoms with Crippen LogP contribution in [0.5, 0.6) is 0 Å². The van der Waals surface area contributed by atoms with Gasteiger partial charge in [0.05, 0.1) is 11.8 Å². The molecule has 0 amide bonds. The van der Waals surface area contributed by atoms with E-state index in [4.69, 9.17) is 11.0 Å². The average molecular weight is 218 g/mol. The summed E-state index contributed by atoms with van der Waals surface area (Å²) < 4.78 is 0. The highest BCUT2D eigenvalue weighted by molar-refractivity contribution is 5.28. The van der Waals surface area contributed by atoms with Crippen molar-refractivity contribution in [2.45, 2.75) is 32.9 Å². The Morgan fingerprint density at radius 2 is 2.25 bits per heavy atom. The Bertz CT molecular complexity index is 368. The van der Waals surface area contributed by atoms with Crippen LogP contribution in [-0.4, -0.2) is 22.5 Å². The number of nitriles is 1. The molecule has 0 aliphatic carbocycles. The molecule has 2 N–H and O–H groups in total. The molecule has 0 saturated carbocycles. The molecule has 4 heteroatoms. The molecular formula is C12H18N4. The van der Waals surface area contributed by atoms with Crippen LogP contribution in [0.4, 0.5) is 5.82 Å². The van der Waals surface area contributed by atoms with Crippen molar-refractivity contribution in [1.29, 1.82) is 5.26 Å². The molecule has 0 aliphatic heterocycles. The fourth-order valence-electron chi connectivity index (χ4n) is 1.51. The summed E-state index contributed by atoms with van der Waals surface area (Å²) in [7, 11) is 0. The molecule has 1 heterocycles. The first kappa shape index (κ1) is 12.5. The fraction of sp³-hybridized carbons (Fsp3) is 0.500. The van der Waals surface area contributed by atoms with Crippen LogP contribution in [0.25, 0.3) is 0 Å². The Kier molecular flexibility index (Phi) is 4.74. The summed E-state index contributed by atoms with van der Waals surface area (Å²) in [6.45, 7) is 5.74. The second-order valence-corrected chi connectivity index (χ2v) is 4.03. The van der Waals surface area contributed by atoms with E-state index in [2.05, 4.69) is 29.8 Å². The molecule has 4 nitrogen and oxygen atoms in total. The highest BCUT2D eigenvalue weighted by Gasteiger charge is 2.10. The first-order chi connectivity index (χ1) is 7.63. The van der Waals surface area contributed by atoms with E-state index in [1.807, 2.05) is 12.1 Å². The summed E-state index contributed by atoms with van der Waals surface area (Å²) in [4.78, 5) is 6.47. The SMILES string of the molecule is CC(C)N(CCC#N)Cc1cccc(N)n1. The van der Waals surface area contributed by atoms with Gasteiger partial charge in [0.15, 0.2) is 0 Å². The number of nitrogens with zero attached hydrogens (tertiary/aromatic N) is 3. The van der Waals surface area contributed by atoms with Gasteiger partial charge in [-0.05, 0) is 26.0 Å². The lowest BCUT2D eigenvalue weighted by Gasteiger charge is -2.24. The minimum atomic E-state index is 0.400. The number of anilines is 1. The molecule has 0 unspecified atom stereocenters. The van der Waals surface area contributed by atoms with Crippen molar-refractivity contribution in [2.75, 3.05) is 12.3 Å². The fourth-order valence-corrected chi connectivity index (χ4v) is 1.51. The third-order valence-electron chi connectivity index (χ3n) is 2.43. The first-order valence-corrected chi connectivity index (χ1v) is 5.46. The van der Waals surface area contributed by atoms with Gasteiger partial charge >= 0.3 is 0 Å². The first-order valence-electron chi connectivity index (χ1n) is 5.46. The second-order valence-electron chi connectivity index (χ2n) is 4.03. The maximum atomic E-state index is 8.59. The van der Waals surface area contributed by atoms with E-state index in [1.54, 1.807) is 6.07 Å². The Balaban J connectivity index is 2.64. The number of nitrogens with two attached hydrogens (primary N) is 1. The molecule has 16 heavy (non-hydrogen) atoms. The third kappa shape index (κ3) is 3.87. The normalized spacial score (nSPS) is 10.7. The van der Waals surface area contributed by atoms with Crippen molar-refractivity contribution >= 4 is 5.82 Å². The van der Waals surface area contributed by atoms with Crippen LogP contribution in [0.2, 0.25) is 0 Å². The predicted octanol–water partition coefficient (Wildman–Crippen LogP) is 1.79. The van der Waals surface area contributed by atoms with Crippen LogP contribution in [0, 0.1) is 11.3 Å². The van der Waals surface area contributed by atoms with E-state index in [1.165, 1.54) is 0 Å². The van der Waals surface area contributed by atoms with E-state index in [-0.39, 0.29) is 0 Å². The maximum absolute atomic E-state index is 8.59. The molecule has 1 aromatic rings. The van der Waals surface area contributed by atoms with E-state index in [0.29, 0.717) is 18.3 Å². The molecule has 0 aliphatic rings. The lowest BCUT2D eigenvalue weighted by molar-refractivity contribution is 0.215. The van der Waals surface area contributed by atoms with Crippen molar-refractivity contribution in [3.63, 3.8) is 0 Å². The van der Waals surface area contributed by atoms with Crippen molar-refractivity contribution < 1.29 is 0 Å². The molecule has 1 rings (SSSR count). The van der Waals surface area contributed by atoms with Gasteiger partial charge in [-0.1, -0.05) is 6.07 Å². The number of hydrogen-bond donors (Lipinski definition) is 1. The van der Waals surface area contributed by atoms with Crippen LogP contribution in [0.1, 0.15) is 26.0 Å². The summed E-state index contributed by atoms with van der Waals surface area (Å²) in [5, 5.41) is 8.59. The van der Waals surface area contributed by atoms with E-state index in [0.717, 1.165) is 18.8 Å². The molecule has 0 fully saturated rings. The number of pyridine rings is 1. The van der Waals surface area contributed by atoms with Crippen molar-refractivity contribution in [3.05, 3.63) is 23.9 Å². The zero-order valence-corrected chi connectivity index (χ0v) is 9.85. The molecule has 0 atom stereocenters. The Hall–Kier alpha value is -1.60. The number of nitrogen functional groups attached to an aromatic ring is 1. The van der Waals surface area contributed by atoms with Crippen LogP contribution in [0.15, 0.2) is 18.2 Å². The average Bonchev–Trinajstić information content (AvgIpc) is 2.24. The van der Waals surface area contributed by atoms with Crippen LogP contribution >= 0.6 is 0 Å². The quantitative estimate of drug-likeness (QED) is 0.818. The molecule has 0 radical (unpaired) electrons. The second kappa shape index (κ2) is 6.09. The topological polar surface area (TPSA) is 65.9 Å². The van der Waals surface area contributed by atoms with Gasteiger partial charge < -0.3 is 5.73 Å². The molecule has 1 aromatic heterocycles. The number of rotatable bonds is 5. The van der Waals surface area contributed by atoms with Gasteiger partial charge in [0.25, 0.3) is 0 Å². The monoisotopic (exact) mass is 218 g/mol. The standard InChI is InChI=1S/C12H18N4/c1-10(2)16(8-4-7-13)9-11-5-3-6-12(14)15-11/h3,5-6,10H,4,8-9H2,1-2H3,(H2,14,15). The van der Waals surface area contributed by atoms with Crippen LogP contribution in [0.3, 0.4) is 0 Å². The number of hydrogen-bond acceptors (Lipinski definition) is 4. The molecular weight excluding hydrogens is 200 g/mol. The summed E-state index contributed by atoms with van der Waals surface area (Å²) in [6.07, 6.45) is 0.542. The van der Waals surface area contributed by atoms with Gasteiger partial charge in [-0.15, -0.1) is 0 Å². The zero-order valence-electron chi connectivity index (χ0n) is 9.85. The van der Waals surface area contributed by atoms with Gasteiger partial charge in [0.2, 0.25) is 0 Å². The smallest absolute Gasteiger partial charge is 0.123 e. The van der Waals surface area contributed by atoms with Gasteiger partial charge in [-0.2, -0.15) is 5.26 Å². The van der Waals surface area contributed by atoms with E-state index in [9.17, 15) is 0 Å². The van der Waals surface area contributed by atoms with Crippen LogP contribution in [-0.2, 0) is 6.54 Å². The molecule has 0 bridgehead atoms. The molecule has 0 aromatic carbocycles. The maximum Gasteiger partial charge on any atom is 0.123 e. The summed E-state index contributed by atoms with van der Waals surface area (Å²) in [5.74, 6) is 0.543. The van der Waals surface area contributed by atoms with Gasteiger partial charge in [-0.3, -0.25) is 4.90 Å². The van der Waals surface area contributed by atoms with Crippen LogP contribution < -0.4 is 5.73 Å². The molecule has 0 spiro atoms. The van der Waals surface area contributed by atoms with E-state index < -0.39 is 0 Å². The lowest BCUT2D eigenvalue weighted by atomic mass is 10.2. The highest BCUT2D eigenvalue weighted by Crippen LogP contribution is 2.08. The molecule has 0 saturated heterocycles. The highest BCUT2D eigenvalue weighted by atomic mass is 15.1. The number of aromatic nitrogens is 1.